The average molecular weight is 421 g/mol. The number of rotatable bonds is 4. The van der Waals surface area contributed by atoms with Crippen molar-refractivity contribution in [1.82, 2.24) is 0 Å². The Morgan fingerprint density at radius 3 is 2.55 bits per heavy atom. The fraction of sp³-hybridized carbons (Fsp3) is 0.0769. The number of alkyl halides is 1. The van der Waals surface area contributed by atoms with Gasteiger partial charge >= 0.3 is 5.69 Å². The molecule has 0 saturated carbocycles. The predicted octanol–water partition coefficient (Wildman–Crippen LogP) is 5.65. The first-order valence-corrected chi connectivity index (χ1v) is 7.60. The fourth-order valence-electron chi connectivity index (χ4n) is 1.56. The molecule has 2 aromatic rings. The van der Waals surface area contributed by atoms with Gasteiger partial charge in [-0.25, -0.2) is 0 Å². The Morgan fingerprint density at radius 2 is 1.95 bits per heavy atom. The van der Waals surface area contributed by atoms with Gasteiger partial charge in [-0.2, -0.15) is 0 Å². The molecule has 2 aromatic carbocycles. The third kappa shape index (κ3) is 3.31. The van der Waals surface area contributed by atoms with Gasteiger partial charge in [0, 0.05) is 16.4 Å². The lowest BCUT2D eigenvalue weighted by molar-refractivity contribution is -0.385. The summed E-state index contributed by atoms with van der Waals surface area (Å²) in [5.41, 5.74) is 0.817. The van der Waals surface area contributed by atoms with E-state index in [0.717, 1.165) is 10.0 Å². The molecule has 104 valence electrons. The normalized spacial score (nSPS) is 10.3. The molecule has 0 fully saturated rings. The molecule has 0 unspecified atom stereocenters. The van der Waals surface area contributed by atoms with Crippen molar-refractivity contribution in [3.63, 3.8) is 0 Å². The summed E-state index contributed by atoms with van der Waals surface area (Å²) >= 11 is 12.4. The smallest absolute Gasteiger partial charge is 0.312 e. The molecule has 0 bridgehead atoms. The lowest BCUT2D eigenvalue weighted by Gasteiger charge is -2.09. The molecule has 0 aliphatic heterocycles. The van der Waals surface area contributed by atoms with Gasteiger partial charge in [-0.3, -0.25) is 10.1 Å². The third-order valence-corrected chi connectivity index (χ3v) is 4.18. The van der Waals surface area contributed by atoms with Crippen molar-refractivity contribution in [2.45, 2.75) is 5.88 Å². The molecule has 0 N–H and O–H groups in total. The average Bonchev–Trinajstić information content (AvgIpc) is 2.41. The molecule has 7 heteroatoms. The minimum absolute atomic E-state index is 0.100. The van der Waals surface area contributed by atoms with Gasteiger partial charge in [0.2, 0.25) is 5.75 Å². The summed E-state index contributed by atoms with van der Waals surface area (Å²) in [7, 11) is 0. The van der Waals surface area contributed by atoms with Gasteiger partial charge in [-0.15, -0.1) is 11.6 Å². The van der Waals surface area contributed by atoms with Crippen LogP contribution >= 0.6 is 43.5 Å². The van der Waals surface area contributed by atoms with E-state index in [1.807, 2.05) is 0 Å². The first-order valence-electron chi connectivity index (χ1n) is 5.48. The number of nitro groups is 1. The van der Waals surface area contributed by atoms with Crippen LogP contribution in [-0.2, 0) is 5.88 Å². The number of halogens is 3. The number of hydrogen-bond acceptors (Lipinski definition) is 3. The molecule has 0 aromatic heterocycles. The van der Waals surface area contributed by atoms with Crippen LogP contribution in [0.1, 0.15) is 5.56 Å². The van der Waals surface area contributed by atoms with Gasteiger partial charge in [-0.05, 0) is 39.7 Å². The van der Waals surface area contributed by atoms with Crippen LogP contribution in [0.4, 0.5) is 5.69 Å². The monoisotopic (exact) mass is 419 g/mol. The second-order valence-corrected chi connectivity index (χ2v) is 5.81. The zero-order valence-electron chi connectivity index (χ0n) is 9.98. The van der Waals surface area contributed by atoms with E-state index in [1.54, 1.807) is 30.3 Å². The van der Waals surface area contributed by atoms with Gasteiger partial charge in [0.05, 0.1) is 9.40 Å². The maximum Gasteiger partial charge on any atom is 0.312 e. The molecule has 0 radical (unpaired) electrons. The maximum atomic E-state index is 11.0. The number of ether oxygens (including phenoxy) is 1. The van der Waals surface area contributed by atoms with E-state index in [0.29, 0.717) is 16.1 Å². The minimum Gasteiger partial charge on any atom is -0.449 e. The Kier molecular flexibility index (Phi) is 5.01. The highest BCUT2D eigenvalue weighted by Crippen LogP contribution is 2.38. The van der Waals surface area contributed by atoms with Gasteiger partial charge < -0.3 is 4.74 Å². The van der Waals surface area contributed by atoms with Crippen LogP contribution in [0, 0.1) is 10.1 Å². The molecule has 0 spiro atoms. The quantitative estimate of drug-likeness (QED) is 0.364. The summed E-state index contributed by atoms with van der Waals surface area (Å²) in [4.78, 5) is 10.5. The Morgan fingerprint density at radius 1 is 1.20 bits per heavy atom. The first-order chi connectivity index (χ1) is 9.52. The van der Waals surface area contributed by atoms with Crippen LogP contribution in [0.2, 0.25) is 0 Å². The SMILES string of the molecule is O=[N+]([O-])c1cccc(Br)c1Oc1ccc(CCl)c(Br)c1. The molecule has 0 aliphatic carbocycles. The third-order valence-electron chi connectivity index (χ3n) is 2.53. The van der Waals surface area contributed by atoms with Crippen molar-refractivity contribution in [2.24, 2.45) is 0 Å². The molecule has 0 saturated heterocycles. The zero-order valence-corrected chi connectivity index (χ0v) is 13.9. The Bertz CT molecular complexity index is 664. The van der Waals surface area contributed by atoms with E-state index in [9.17, 15) is 10.1 Å². The molecule has 2 rings (SSSR count). The highest BCUT2D eigenvalue weighted by molar-refractivity contribution is 9.10. The topological polar surface area (TPSA) is 52.4 Å². The molecule has 0 amide bonds. The van der Waals surface area contributed by atoms with Crippen LogP contribution < -0.4 is 4.74 Å². The fourth-order valence-corrected chi connectivity index (χ4v) is 2.89. The highest BCUT2D eigenvalue weighted by Gasteiger charge is 2.18. The molecule has 0 heterocycles. The summed E-state index contributed by atoms with van der Waals surface area (Å²) in [5, 5.41) is 11.0. The van der Waals surface area contributed by atoms with Crippen LogP contribution in [0.5, 0.6) is 11.5 Å². The lowest BCUT2D eigenvalue weighted by Crippen LogP contribution is -1.94. The summed E-state index contributed by atoms with van der Waals surface area (Å²) in [5.74, 6) is 1.03. The van der Waals surface area contributed by atoms with Gasteiger partial charge in [0.15, 0.2) is 0 Å². The van der Waals surface area contributed by atoms with Crippen molar-refractivity contribution in [3.05, 3.63) is 61.0 Å². The number of para-hydroxylation sites is 1. The largest absolute Gasteiger partial charge is 0.449 e. The maximum absolute atomic E-state index is 11.0. The number of nitro benzene ring substituents is 1. The van der Waals surface area contributed by atoms with Gasteiger partial charge in [0.1, 0.15) is 5.75 Å². The van der Waals surface area contributed by atoms with Crippen molar-refractivity contribution >= 4 is 49.1 Å². The highest BCUT2D eigenvalue weighted by atomic mass is 79.9. The summed E-state index contributed by atoms with van der Waals surface area (Å²) in [6, 6.07) is 9.90. The molecular formula is C13H8Br2ClNO3. The number of hydrogen-bond donors (Lipinski definition) is 0. The second kappa shape index (κ2) is 6.56. The number of benzene rings is 2. The Balaban J connectivity index is 2.39. The van der Waals surface area contributed by atoms with E-state index < -0.39 is 4.92 Å². The summed E-state index contributed by atoms with van der Waals surface area (Å²) < 4.78 is 6.93. The van der Waals surface area contributed by atoms with Crippen LogP contribution in [0.15, 0.2) is 45.3 Å². The van der Waals surface area contributed by atoms with Crippen molar-refractivity contribution in [1.29, 1.82) is 0 Å². The van der Waals surface area contributed by atoms with E-state index >= 15 is 0 Å². The lowest BCUT2D eigenvalue weighted by atomic mass is 10.2. The van der Waals surface area contributed by atoms with E-state index in [1.165, 1.54) is 6.07 Å². The van der Waals surface area contributed by atoms with Crippen molar-refractivity contribution in [2.75, 3.05) is 0 Å². The second-order valence-electron chi connectivity index (χ2n) is 3.83. The number of nitrogens with zero attached hydrogens (tertiary/aromatic N) is 1. The predicted molar refractivity (Wildman–Crippen MR) is 84.6 cm³/mol. The molecule has 0 aliphatic rings. The summed E-state index contributed by atoms with van der Waals surface area (Å²) in [6.07, 6.45) is 0. The van der Waals surface area contributed by atoms with Gasteiger partial charge in [-0.1, -0.05) is 28.1 Å². The van der Waals surface area contributed by atoms with Gasteiger partial charge in [0.25, 0.3) is 0 Å². The Labute approximate surface area is 137 Å². The van der Waals surface area contributed by atoms with Crippen LogP contribution in [0.25, 0.3) is 0 Å². The summed E-state index contributed by atoms with van der Waals surface area (Å²) in [6.45, 7) is 0. The molecular weight excluding hydrogens is 413 g/mol. The van der Waals surface area contributed by atoms with Crippen LogP contribution in [0.3, 0.4) is 0 Å². The minimum atomic E-state index is -0.484. The van der Waals surface area contributed by atoms with Crippen LogP contribution in [-0.4, -0.2) is 4.92 Å². The van der Waals surface area contributed by atoms with Crippen molar-refractivity contribution < 1.29 is 9.66 Å². The van der Waals surface area contributed by atoms with Crippen molar-refractivity contribution in [3.8, 4) is 11.5 Å². The molecule has 20 heavy (non-hydrogen) atoms. The molecule has 4 nitrogen and oxygen atoms in total. The first kappa shape index (κ1) is 15.3. The van der Waals surface area contributed by atoms with E-state index in [2.05, 4.69) is 31.9 Å². The standard InChI is InChI=1S/C13H8Br2ClNO3/c14-10-2-1-3-12(17(18)19)13(10)20-9-5-4-8(7-16)11(15)6-9/h1-6H,7H2. The Hall–Kier alpha value is -1.11. The molecule has 0 atom stereocenters. The van der Waals surface area contributed by atoms with E-state index in [-0.39, 0.29) is 11.4 Å². The zero-order chi connectivity index (χ0) is 14.7. The van der Waals surface area contributed by atoms with E-state index in [4.69, 9.17) is 16.3 Å².